The average Bonchev–Trinajstić information content (AvgIpc) is 2.78. The van der Waals surface area contributed by atoms with E-state index in [0.29, 0.717) is 0 Å². The van der Waals surface area contributed by atoms with Gasteiger partial charge in [-0.1, -0.05) is 43.0 Å². The molecule has 108 valence electrons. The van der Waals surface area contributed by atoms with Crippen molar-refractivity contribution >= 4 is 24.0 Å². The third-order valence-corrected chi connectivity index (χ3v) is 2.45. The van der Waals surface area contributed by atoms with Crippen LogP contribution in [0.2, 0.25) is 0 Å². The van der Waals surface area contributed by atoms with Crippen LogP contribution in [0.3, 0.4) is 0 Å². The summed E-state index contributed by atoms with van der Waals surface area (Å²) in [6, 6.07) is 10.0. The molecule has 0 spiro atoms. The molecule has 5 nitrogen and oxygen atoms in total. The summed E-state index contributed by atoms with van der Waals surface area (Å²) in [6.45, 7) is 4.95. The lowest BCUT2D eigenvalue weighted by Gasteiger charge is -1.92. The molecule has 0 aromatic heterocycles. The fourth-order valence-corrected chi connectivity index (χ4v) is 1.35. The van der Waals surface area contributed by atoms with Gasteiger partial charge < -0.3 is 9.84 Å². The van der Waals surface area contributed by atoms with Crippen LogP contribution in [0.4, 0.5) is 0 Å². The first kappa shape index (κ1) is 16.1. The Hall–Kier alpha value is -2.95. The van der Waals surface area contributed by atoms with E-state index in [9.17, 15) is 14.4 Å². The molecule has 5 heteroatoms. The maximum Gasteiger partial charge on any atom is 0.346 e. The van der Waals surface area contributed by atoms with Crippen LogP contribution in [0, 0.1) is 0 Å². The van der Waals surface area contributed by atoms with Gasteiger partial charge in [0.2, 0.25) is 0 Å². The van der Waals surface area contributed by atoms with Gasteiger partial charge in [-0.2, -0.15) is 0 Å². The maximum absolute atomic E-state index is 10.8. The largest absolute Gasteiger partial charge is 0.478 e. The highest BCUT2D eigenvalue weighted by molar-refractivity contribution is 6.11. The van der Waals surface area contributed by atoms with Crippen molar-refractivity contribution in [3.63, 3.8) is 0 Å². The van der Waals surface area contributed by atoms with Gasteiger partial charge in [0.25, 0.3) is 0 Å². The molecule has 0 bridgehead atoms. The third-order valence-electron chi connectivity index (χ3n) is 2.45. The molecule has 21 heavy (non-hydrogen) atoms. The molecule has 1 aromatic carbocycles. The first-order chi connectivity index (χ1) is 9.93. The zero-order chi connectivity index (χ0) is 15.8. The quantitative estimate of drug-likeness (QED) is 0.524. The van der Waals surface area contributed by atoms with Crippen LogP contribution in [0.5, 0.6) is 0 Å². The zero-order valence-electron chi connectivity index (χ0n) is 11.4. The summed E-state index contributed by atoms with van der Waals surface area (Å²) < 4.78 is 4.15. The molecule has 1 heterocycles. The number of carbonyl (C=O) groups excluding carboxylic acids is 2. The van der Waals surface area contributed by atoms with Crippen LogP contribution in [0.25, 0.3) is 6.08 Å². The van der Waals surface area contributed by atoms with Gasteiger partial charge >= 0.3 is 17.9 Å². The molecule has 1 aromatic rings. The summed E-state index contributed by atoms with van der Waals surface area (Å²) >= 11 is 0. The monoisotopic (exact) mass is 286 g/mol. The second-order valence-electron chi connectivity index (χ2n) is 4.06. The van der Waals surface area contributed by atoms with E-state index in [1.807, 2.05) is 36.4 Å². The van der Waals surface area contributed by atoms with Gasteiger partial charge in [0, 0.05) is 11.6 Å². The van der Waals surface area contributed by atoms with E-state index in [-0.39, 0.29) is 11.1 Å². The van der Waals surface area contributed by atoms with Gasteiger partial charge in [0.05, 0.1) is 5.57 Å². The minimum Gasteiger partial charge on any atom is -0.478 e. The summed E-state index contributed by atoms with van der Waals surface area (Å²) in [5.74, 6) is -2.73. The lowest BCUT2D eigenvalue weighted by molar-refractivity contribution is -0.150. The minimum absolute atomic E-state index is 0.0297. The number of ether oxygens (including phenoxy) is 1. The number of aliphatic carboxylic acids is 1. The van der Waals surface area contributed by atoms with Gasteiger partial charge in [0.1, 0.15) is 0 Å². The van der Waals surface area contributed by atoms with Crippen molar-refractivity contribution in [1.29, 1.82) is 0 Å². The number of carbonyl (C=O) groups is 3. The third kappa shape index (κ3) is 5.28. The van der Waals surface area contributed by atoms with E-state index in [1.165, 1.54) is 12.5 Å². The van der Waals surface area contributed by atoms with Crippen molar-refractivity contribution in [3.05, 3.63) is 65.8 Å². The smallest absolute Gasteiger partial charge is 0.346 e. The number of carboxylic acid groups (broad SMARTS) is 1. The fourth-order valence-electron chi connectivity index (χ4n) is 1.35. The number of carboxylic acids is 1. The fraction of sp³-hybridized carbons (Fsp3) is 0.0625. The first-order valence-electron chi connectivity index (χ1n) is 6.01. The second-order valence-corrected chi connectivity index (χ2v) is 4.06. The highest BCUT2D eigenvalue weighted by atomic mass is 16.6. The molecule has 0 saturated carbocycles. The summed E-state index contributed by atoms with van der Waals surface area (Å²) in [4.78, 5) is 31.7. The van der Waals surface area contributed by atoms with E-state index in [2.05, 4.69) is 11.3 Å². The van der Waals surface area contributed by atoms with Crippen LogP contribution < -0.4 is 0 Å². The Morgan fingerprint density at radius 1 is 1.24 bits per heavy atom. The van der Waals surface area contributed by atoms with Crippen molar-refractivity contribution in [2.45, 2.75) is 6.92 Å². The predicted molar refractivity (Wildman–Crippen MR) is 77.1 cm³/mol. The molecule has 2 rings (SSSR count). The molecular formula is C16H14O5. The van der Waals surface area contributed by atoms with Gasteiger partial charge in [0.15, 0.2) is 0 Å². The number of esters is 2. The molecule has 1 aliphatic heterocycles. The normalized spacial score (nSPS) is 13.8. The Bertz CT molecular complexity index is 623. The number of hydrogen-bond donors (Lipinski definition) is 1. The molecular weight excluding hydrogens is 272 g/mol. The van der Waals surface area contributed by atoms with E-state index < -0.39 is 17.9 Å². The molecule has 0 amide bonds. The molecule has 0 fully saturated rings. The minimum atomic E-state index is -1.15. The second kappa shape index (κ2) is 7.59. The molecule has 0 saturated heterocycles. The maximum atomic E-state index is 10.8. The SMILES string of the molecule is C=Cc1ccccc1.CC(=CC1=CC(=O)OC1=O)C(=O)O. The molecule has 1 N–H and O–H groups in total. The van der Waals surface area contributed by atoms with Crippen LogP contribution in [0.1, 0.15) is 12.5 Å². The standard InChI is InChI=1S/C8H6O5.C8H8/c1-4(7(10)11)2-5-3-6(9)13-8(5)12;1-2-8-6-4-3-5-7-8/h2-3H,1H3,(H,10,11);2-7H,1H2. The molecule has 0 unspecified atom stereocenters. The number of cyclic esters (lactones) is 2. The predicted octanol–water partition coefficient (Wildman–Crippen LogP) is 2.36. The lowest BCUT2D eigenvalue weighted by Crippen LogP contribution is -2.02. The van der Waals surface area contributed by atoms with Gasteiger partial charge in [-0.25, -0.2) is 14.4 Å². The summed E-state index contributed by atoms with van der Waals surface area (Å²) in [5.41, 5.74) is 1.11. The highest BCUT2D eigenvalue weighted by Gasteiger charge is 2.22. The lowest BCUT2D eigenvalue weighted by atomic mass is 10.2. The van der Waals surface area contributed by atoms with Crippen molar-refractivity contribution in [2.75, 3.05) is 0 Å². The molecule has 0 atom stereocenters. The first-order valence-corrected chi connectivity index (χ1v) is 6.01. The van der Waals surface area contributed by atoms with Crippen LogP contribution in [0.15, 0.2) is 60.2 Å². The van der Waals surface area contributed by atoms with Crippen molar-refractivity contribution < 1.29 is 24.2 Å². The summed E-state index contributed by atoms with van der Waals surface area (Å²) in [7, 11) is 0. The Balaban J connectivity index is 0.000000235. The highest BCUT2D eigenvalue weighted by Crippen LogP contribution is 2.11. The molecule has 0 radical (unpaired) electrons. The van der Waals surface area contributed by atoms with Crippen molar-refractivity contribution in [2.24, 2.45) is 0 Å². The number of hydrogen-bond acceptors (Lipinski definition) is 4. The van der Waals surface area contributed by atoms with E-state index >= 15 is 0 Å². The summed E-state index contributed by atoms with van der Waals surface area (Å²) in [6.07, 6.45) is 3.88. The average molecular weight is 286 g/mol. The van der Waals surface area contributed by atoms with E-state index in [1.54, 1.807) is 0 Å². The molecule has 1 aliphatic rings. The van der Waals surface area contributed by atoms with Crippen LogP contribution in [-0.4, -0.2) is 23.0 Å². The summed E-state index contributed by atoms with van der Waals surface area (Å²) in [5, 5.41) is 8.46. The van der Waals surface area contributed by atoms with Gasteiger partial charge in [-0.15, -0.1) is 0 Å². The van der Waals surface area contributed by atoms with Gasteiger partial charge in [-0.05, 0) is 18.6 Å². The van der Waals surface area contributed by atoms with Crippen LogP contribution in [-0.2, 0) is 19.1 Å². The zero-order valence-corrected chi connectivity index (χ0v) is 11.4. The Morgan fingerprint density at radius 3 is 2.24 bits per heavy atom. The Morgan fingerprint density at radius 2 is 1.86 bits per heavy atom. The number of rotatable bonds is 3. The van der Waals surface area contributed by atoms with E-state index in [0.717, 1.165) is 12.2 Å². The van der Waals surface area contributed by atoms with Crippen molar-refractivity contribution in [3.8, 4) is 0 Å². The van der Waals surface area contributed by atoms with Crippen molar-refractivity contribution in [1.82, 2.24) is 0 Å². The van der Waals surface area contributed by atoms with Crippen LogP contribution >= 0.6 is 0 Å². The van der Waals surface area contributed by atoms with E-state index in [4.69, 9.17) is 5.11 Å². The Labute approximate surface area is 121 Å². The number of benzene rings is 1. The molecule has 0 aliphatic carbocycles. The topological polar surface area (TPSA) is 80.7 Å². The Kier molecular flexibility index (Phi) is 5.82. The van der Waals surface area contributed by atoms with Gasteiger partial charge in [-0.3, -0.25) is 0 Å².